The molecule has 1 aromatic rings. The zero-order valence-electron chi connectivity index (χ0n) is 8.23. The number of aliphatic hydroxyl groups excluding tert-OH is 1. The quantitative estimate of drug-likeness (QED) is 0.754. The first kappa shape index (κ1) is 10.8. The van der Waals surface area contributed by atoms with Crippen LogP contribution < -0.4 is 10.5 Å². The van der Waals surface area contributed by atoms with Crippen molar-refractivity contribution in [1.29, 1.82) is 0 Å². The number of rotatable bonds is 4. The van der Waals surface area contributed by atoms with Gasteiger partial charge in [-0.15, -0.1) is 0 Å². The molecule has 0 saturated carbocycles. The summed E-state index contributed by atoms with van der Waals surface area (Å²) in [5.74, 6) is 0.708. The minimum absolute atomic E-state index is 0.0204. The Morgan fingerprint density at radius 3 is 2.86 bits per heavy atom. The third-order valence-corrected chi connectivity index (χ3v) is 1.93. The number of ether oxygens (including phenoxy) is 1. The van der Waals surface area contributed by atoms with Crippen LogP contribution in [0.25, 0.3) is 6.08 Å². The molecule has 3 N–H and O–H groups in total. The second kappa shape index (κ2) is 5.42. The number of nitrogens with two attached hydrogens (primary N) is 1. The first-order chi connectivity index (χ1) is 6.83. The average molecular weight is 193 g/mol. The van der Waals surface area contributed by atoms with Crippen LogP contribution >= 0.6 is 0 Å². The van der Waals surface area contributed by atoms with E-state index in [1.807, 2.05) is 30.4 Å². The molecule has 1 rings (SSSR count). The molecule has 76 valence electrons. The molecule has 0 fully saturated rings. The largest absolute Gasteiger partial charge is 0.496 e. The Morgan fingerprint density at radius 2 is 2.29 bits per heavy atom. The van der Waals surface area contributed by atoms with E-state index in [0.717, 1.165) is 11.1 Å². The molecule has 0 aromatic heterocycles. The zero-order valence-corrected chi connectivity index (χ0v) is 8.23. The van der Waals surface area contributed by atoms with Crippen LogP contribution in [-0.4, -0.2) is 18.8 Å². The van der Waals surface area contributed by atoms with Crippen molar-refractivity contribution < 1.29 is 9.84 Å². The molecule has 0 aliphatic rings. The van der Waals surface area contributed by atoms with Crippen LogP contribution in [0.4, 0.5) is 0 Å². The van der Waals surface area contributed by atoms with Gasteiger partial charge in [-0.1, -0.05) is 30.4 Å². The summed E-state index contributed by atoms with van der Waals surface area (Å²) in [4.78, 5) is 0. The molecule has 3 heteroatoms. The summed E-state index contributed by atoms with van der Waals surface area (Å²) in [5.41, 5.74) is 7.08. The Balaban J connectivity index is 3.08. The fourth-order valence-electron chi connectivity index (χ4n) is 1.30. The lowest BCUT2D eigenvalue weighted by molar-refractivity contribution is 0.273. The van der Waals surface area contributed by atoms with Gasteiger partial charge >= 0.3 is 0 Å². The molecule has 0 aliphatic carbocycles. The lowest BCUT2D eigenvalue weighted by Crippen LogP contribution is -1.95. The Bertz CT molecular complexity index is 321. The van der Waals surface area contributed by atoms with E-state index in [0.29, 0.717) is 12.3 Å². The van der Waals surface area contributed by atoms with Gasteiger partial charge in [-0.05, 0) is 0 Å². The highest BCUT2D eigenvalue weighted by Crippen LogP contribution is 2.24. The van der Waals surface area contributed by atoms with E-state index in [-0.39, 0.29) is 6.61 Å². The Kier molecular flexibility index (Phi) is 4.16. The van der Waals surface area contributed by atoms with Gasteiger partial charge in [-0.2, -0.15) is 0 Å². The molecule has 0 radical (unpaired) electrons. The molecule has 0 atom stereocenters. The standard InChI is InChI=1S/C11H15NO2/c1-14-11-9(6-3-7-12)4-2-5-10(11)8-13/h2-6,13H,7-8,12H2,1H3/b6-3+. The molecule has 14 heavy (non-hydrogen) atoms. The molecule has 0 aliphatic heterocycles. The first-order valence-electron chi connectivity index (χ1n) is 4.46. The number of hydrogen-bond acceptors (Lipinski definition) is 3. The number of aliphatic hydroxyl groups is 1. The van der Waals surface area contributed by atoms with Gasteiger partial charge < -0.3 is 15.6 Å². The van der Waals surface area contributed by atoms with Gasteiger partial charge in [-0.25, -0.2) is 0 Å². The summed E-state index contributed by atoms with van der Waals surface area (Å²) in [6, 6.07) is 5.63. The summed E-state index contributed by atoms with van der Waals surface area (Å²) in [5, 5.41) is 9.07. The van der Waals surface area contributed by atoms with Crippen LogP contribution in [-0.2, 0) is 6.61 Å². The minimum atomic E-state index is -0.0204. The molecular weight excluding hydrogens is 178 g/mol. The fourth-order valence-corrected chi connectivity index (χ4v) is 1.30. The van der Waals surface area contributed by atoms with Gasteiger partial charge in [0.25, 0.3) is 0 Å². The number of hydrogen-bond donors (Lipinski definition) is 2. The predicted octanol–water partition coefficient (Wildman–Crippen LogP) is 1.16. The lowest BCUT2D eigenvalue weighted by Gasteiger charge is -2.09. The van der Waals surface area contributed by atoms with E-state index in [2.05, 4.69) is 0 Å². The number of benzene rings is 1. The predicted molar refractivity (Wildman–Crippen MR) is 57.0 cm³/mol. The van der Waals surface area contributed by atoms with E-state index in [9.17, 15) is 0 Å². The average Bonchev–Trinajstić information content (AvgIpc) is 2.25. The lowest BCUT2D eigenvalue weighted by atomic mass is 10.1. The second-order valence-electron chi connectivity index (χ2n) is 2.84. The summed E-state index contributed by atoms with van der Waals surface area (Å²) in [6.45, 7) is 0.472. The maximum atomic E-state index is 9.07. The molecule has 0 amide bonds. The normalized spacial score (nSPS) is 10.8. The molecule has 0 spiro atoms. The van der Waals surface area contributed by atoms with E-state index in [1.54, 1.807) is 7.11 Å². The van der Waals surface area contributed by atoms with Crippen molar-refractivity contribution >= 4 is 6.08 Å². The fraction of sp³-hybridized carbons (Fsp3) is 0.273. The van der Waals surface area contributed by atoms with Crippen molar-refractivity contribution in [2.45, 2.75) is 6.61 Å². The van der Waals surface area contributed by atoms with Gasteiger partial charge in [0.15, 0.2) is 0 Å². The highest BCUT2D eigenvalue weighted by molar-refractivity contribution is 5.59. The molecule has 0 unspecified atom stereocenters. The van der Waals surface area contributed by atoms with Gasteiger partial charge in [0.05, 0.1) is 13.7 Å². The summed E-state index contributed by atoms with van der Waals surface area (Å²) in [7, 11) is 1.59. The van der Waals surface area contributed by atoms with E-state index >= 15 is 0 Å². The van der Waals surface area contributed by atoms with Crippen LogP contribution in [0.5, 0.6) is 5.75 Å². The highest BCUT2D eigenvalue weighted by atomic mass is 16.5. The monoisotopic (exact) mass is 193 g/mol. The highest BCUT2D eigenvalue weighted by Gasteiger charge is 2.04. The zero-order chi connectivity index (χ0) is 10.4. The van der Waals surface area contributed by atoms with E-state index in [4.69, 9.17) is 15.6 Å². The van der Waals surface area contributed by atoms with Crippen LogP contribution in [0.1, 0.15) is 11.1 Å². The number of para-hydroxylation sites is 1. The first-order valence-corrected chi connectivity index (χ1v) is 4.46. The molecule has 0 saturated heterocycles. The third-order valence-electron chi connectivity index (χ3n) is 1.93. The maximum absolute atomic E-state index is 9.07. The summed E-state index contributed by atoms with van der Waals surface area (Å²) >= 11 is 0. The van der Waals surface area contributed by atoms with Crippen LogP contribution in [0.15, 0.2) is 24.3 Å². The summed E-state index contributed by atoms with van der Waals surface area (Å²) < 4.78 is 5.21. The van der Waals surface area contributed by atoms with Gasteiger partial charge in [0.1, 0.15) is 5.75 Å². The van der Waals surface area contributed by atoms with E-state index in [1.165, 1.54) is 0 Å². The van der Waals surface area contributed by atoms with Crippen molar-refractivity contribution in [2.24, 2.45) is 5.73 Å². The van der Waals surface area contributed by atoms with Crippen LogP contribution in [0.2, 0.25) is 0 Å². The van der Waals surface area contributed by atoms with Gasteiger partial charge in [0.2, 0.25) is 0 Å². The van der Waals surface area contributed by atoms with Crippen molar-refractivity contribution in [3.63, 3.8) is 0 Å². The van der Waals surface area contributed by atoms with Gasteiger partial charge in [0, 0.05) is 17.7 Å². The van der Waals surface area contributed by atoms with Crippen LogP contribution in [0.3, 0.4) is 0 Å². The Hall–Kier alpha value is -1.32. The molecule has 1 aromatic carbocycles. The molecule has 0 bridgehead atoms. The second-order valence-corrected chi connectivity index (χ2v) is 2.84. The summed E-state index contributed by atoms with van der Waals surface area (Å²) in [6.07, 6.45) is 3.73. The Morgan fingerprint density at radius 1 is 1.50 bits per heavy atom. The van der Waals surface area contributed by atoms with Crippen molar-refractivity contribution in [2.75, 3.05) is 13.7 Å². The van der Waals surface area contributed by atoms with E-state index < -0.39 is 0 Å². The molecule has 3 nitrogen and oxygen atoms in total. The Labute approximate surface area is 83.8 Å². The topological polar surface area (TPSA) is 55.5 Å². The maximum Gasteiger partial charge on any atom is 0.131 e. The van der Waals surface area contributed by atoms with Crippen molar-refractivity contribution in [1.82, 2.24) is 0 Å². The van der Waals surface area contributed by atoms with Crippen molar-refractivity contribution in [3.8, 4) is 5.75 Å². The van der Waals surface area contributed by atoms with Gasteiger partial charge in [-0.3, -0.25) is 0 Å². The third kappa shape index (κ3) is 2.34. The minimum Gasteiger partial charge on any atom is -0.496 e. The SMILES string of the molecule is COc1c(/C=C/CN)cccc1CO. The van der Waals surface area contributed by atoms with Crippen LogP contribution in [0, 0.1) is 0 Å². The number of methoxy groups -OCH3 is 1. The smallest absolute Gasteiger partial charge is 0.131 e. The molecular formula is C11H15NO2. The van der Waals surface area contributed by atoms with Crippen molar-refractivity contribution in [3.05, 3.63) is 35.4 Å². The molecule has 0 heterocycles.